The molecule has 1 aliphatic rings. The predicted octanol–water partition coefficient (Wildman–Crippen LogP) is 5.22. The van der Waals surface area contributed by atoms with E-state index in [0.717, 1.165) is 37.3 Å². The number of aromatic nitrogens is 3. The summed E-state index contributed by atoms with van der Waals surface area (Å²) in [5, 5.41) is 13.0. The molecule has 0 aliphatic carbocycles. The molecule has 1 saturated heterocycles. The lowest BCUT2D eigenvalue weighted by Crippen LogP contribution is -2.22. The van der Waals surface area contributed by atoms with Gasteiger partial charge < -0.3 is 24.7 Å². The topological polar surface area (TPSA) is 125 Å². The average Bonchev–Trinajstić information content (AvgIpc) is 3.62. The number of aromatic amines is 1. The van der Waals surface area contributed by atoms with E-state index < -0.39 is 5.91 Å². The lowest BCUT2D eigenvalue weighted by Gasteiger charge is -2.17. The largest absolute Gasteiger partial charge is 0.490 e. The number of unbranched alkanes of at least 4 members (excludes halogenated alkanes) is 1. The van der Waals surface area contributed by atoms with E-state index >= 15 is 4.39 Å². The van der Waals surface area contributed by atoms with Gasteiger partial charge in [-0.1, -0.05) is 0 Å². The van der Waals surface area contributed by atoms with Crippen molar-refractivity contribution < 1.29 is 23.9 Å². The molecule has 0 saturated carbocycles. The van der Waals surface area contributed by atoms with Gasteiger partial charge in [-0.05, 0) is 76.4 Å². The molecule has 4 N–H and O–H groups in total. The molecule has 0 atom stereocenters. The van der Waals surface area contributed by atoms with E-state index in [0.29, 0.717) is 65.3 Å². The molecular formula is C29H35FN6O4. The smallest absolute Gasteiger partial charge is 0.243 e. The Morgan fingerprint density at radius 3 is 2.62 bits per heavy atom. The van der Waals surface area contributed by atoms with Gasteiger partial charge >= 0.3 is 0 Å². The molecule has 4 aromatic rings. The van der Waals surface area contributed by atoms with E-state index in [9.17, 15) is 4.79 Å². The van der Waals surface area contributed by atoms with Gasteiger partial charge in [-0.25, -0.2) is 19.8 Å². The first-order chi connectivity index (χ1) is 19.5. The Kier molecular flexibility index (Phi) is 8.92. The molecule has 0 bridgehead atoms. The van der Waals surface area contributed by atoms with Crippen molar-refractivity contribution in [3.63, 3.8) is 0 Å². The fourth-order valence-corrected chi connectivity index (χ4v) is 5.02. The molecule has 0 radical (unpaired) electrons. The second-order valence-corrected chi connectivity index (χ2v) is 10.1. The summed E-state index contributed by atoms with van der Waals surface area (Å²) in [7, 11) is 0. The van der Waals surface area contributed by atoms with Crippen molar-refractivity contribution in [2.75, 3.05) is 38.2 Å². The van der Waals surface area contributed by atoms with Gasteiger partial charge in [0.05, 0.1) is 24.4 Å². The van der Waals surface area contributed by atoms with Gasteiger partial charge in [-0.3, -0.25) is 10.0 Å². The molecule has 1 aliphatic heterocycles. The summed E-state index contributed by atoms with van der Waals surface area (Å²) in [6, 6.07) is 8.92. The number of fused-ring (bicyclic) bond motifs is 2. The third-order valence-electron chi connectivity index (χ3n) is 7.08. The number of amides is 1. The Hall–Kier alpha value is -3.96. The Morgan fingerprint density at radius 2 is 1.82 bits per heavy atom. The highest BCUT2D eigenvalue weighted by Gasteiger charge is 2.16. The summed E-state index contributed by atoms with van der Waals surface area (Å²) in [5.41, 5.74) is 4.19. The Balaban J connectivity index is 1.36. The average molecular weight is 551 g/mol. The summed E-state index contributed by atoms with van der Waals surface area (Å²) in [6.45, 7) is 6.05. The fraction of sp³-hybridized carbons (Fsp3) is 0.414. The molecule has 5 rings (SSSR count). The molecule has 1 amide bonds. The van der Waals surface area contributed by atoms with Crippen LogP contribution in [0.4, 0.5) is 15.9 Å². The van der Waals surface area contributed by atoms with Gasteiger partial charge in [0, 0.05) is 41.0 Å². The van der Waals surface area contributed by atoms with Gasteiger partial charge in [-0.2, -0.15) is 0 Å². The van der Waals surface area contributed by atoms with E-state index in [4.69, 9.17) is 14.7 Å². The molecule has 212 valence electrons. The molecule has 1 fully saturated rings. The van der Waals surface area contributed by atoms with Crippen molar-refractivity contribution in [2.45, 2.75) is 45.4 Å². The number of carbonyl (C=O) groups excluding carboxylic acids is 1. The minimum Gasteiger partial charge on any atom is -0.490 e. The molecule has 0 unspecified atom stereocenters. The number of hydrogen-bond acceptors (Lipinski definition) is 8. The number of nitrogens with zero attached hydrogens (tertiary/aromatic N) is 3. The van der Waals surface area contributed by atoms with Crippen LogP contribution in [-0.2, 0) is 4.79 Å². The van der Waals surface area contributed by atoms with Gasteiger partial charge in [0.25, 0.3) is 0 Å². The Labute approximate surface area is 231 Å². The molecule has 10 nitrogen and oxygen atoms in total. The number of hydrogen-bond donors (Lipinski definition) is 4. The summed E-state index contributed by atoms with van der Waals surface area (Å²) in [5.74, 6) is 0.744. The highest BCUT2D eigenvalue weighted by molar-refractivity contribution is 5.94. The van der Waals surface area contributed by atoms with E-state index in [1.54, 1.807) is 17.6 Å². The maximum atomic E-state index is 15.3. The predicted molar refractivity (Wildman–Crippen MR) is 151 cm³/mol. The van der Waals surface area contributed by atoms with Crippen molar-refractivity contribution in [1.82, 2.24) is 25.3 Å². The molecule has 11 heteroatoms. The minimum atomic E-state index is -0.430. The van der Waals surface area contributed by atoms with E-state index in [-0.39, 0.29) is 12.2 Å². The summed E-state index contributed by atoms with van der Waals surface area (Å²) < 4.78 is 27.5. The first-order valence-electron chi connectivity index (χ1n) is 13.8. The lowest BCUT2D eigenvalue weighted by atomic mass is 10.1. The van der Waals surface area contributed by atoms with E-state index in [1.165, 1.54) is 19.2 Å². The van der Waals surface area contributed by atoms with Gasteiger partial charge in [0.1, 0.15) is 12.1 Å². The number of carbonyl (C=O) groups is 1. The van der Waals surface area contributed by atoms with Crippen molar-refractivity contribution in [3.05, 3.63) is 48.2 Å². The van der Waals surface area contributed by atoms with Crippen LogP contribution in [0.5, 0.6) is 11.5 Å². The number of anilines is 2. The highest BCUT2D eigenvalue weighted by atomic mass is 19.1. The van der Waals surface area contributed by atoms with Crippen LogP contribution in [0.1, 0.15) is 44.2 Å². The number of ether oxygens (including phenoxy) is 2. The zero-order valence-corrected chi connectivity index (χ0v) is 22.6. The van der Waals surface area contributed by atoms with Crippen LogP contribution in [0.15, 0.2) is 36.7 Å². The molecular weight excluding hydrogens is 515 g/mol. The van der Waals surface area contributed by atoms with Gasteiger partial charge in [0.15, 0.2) is 17.3 Å². The Morgan fingerprint density at radius 1 is 1.05 bits per heavy atom. The summed E-state index contributed by atoms with van der Waals surface area (Å²) >= 11 is 0. The van der Waals surface area contributed by atoms with Crippen LogP contribution in [0.25, 0.3) is 21.8 Å². The van der Waals surface area contributed by atoms with Crippen LogP contribution in [0, 0.1) is 12.7 Å². The van der Waals surface area contributed by atoms with E-state index in [2.05, 4.69) is 25.2 Å². The number of halogens is 1. The molecule has 0 spiro atoms. The number of likely N-dealkylation sites (tertiary alicyclic amines) is 1. The number of hydroxylamine groups is 1. The second kappa shape index (κ2) is 12.9. The number of benzene rings is 2. The maximum absolute atomic E-state index is 15.3. The highest BCUT2D eigenvalue weighted by Crippen LogP contribution is 2.36. The molecule has 2 aromatic heterocycles. The van der Waals surface area contributed by atoms with Crippen LogP contribution in [0.3, 0.4) is 0 Å². The van der Waals surface area contributed by atoms with Crippen molar-refractivity contribution in [1.29, 1.82) is 0 Å². The monoisotopic (exact) mass is 550 g/mol. The third kappa shape index (κ3) is 6.60. The summed E-state index contributed by atoms with van der Waals surface area (Å²) in [4.78, 5) is 25.7. The quantitative estimate of drug-likeness (QED) is 0.101. The zero-order valence-electron chi connectivity index (χ0n) is 22.6. The lowest BCUT2D eigenvalue weighted by molar-refractivity contribution is -0.129. The van der Waals surface area contributed by atoms with Crippen molar-refractivity contribution in [2.24, 2.45) is 0 Å². The van der Waals surface area contributed by atoms with Crippen LogP contribution >= 0.6 is 0 Å². The number of rotatable bonds is 13. The van der Waals surface area contributed by atoms with Crippen molar-refractivity contribution >= 4 is 39.2 Å². The number of nitrogens with one attached hydrogen (secondary N) is 3. The molecule has 2 aromatic carbocycles. The SMILES string of the molecule is Cc1cc2c(F)c(Nc3ncnc4cc(OCCCN5CCCC5)c(OCCCCC(=O)NO)cc34)ccc2[nH]1. The van der Waals surface area contributed by atoms with Crippen LogP contribution < -0.4 is 20.3 Å². The first kappa shape index (κ1) is 27.6. The minimum absolute atomic E-state index is 0.204. The fourth-order valence-electron chi connectivity index (χ4n) is 5.02. The maximum Gasteiger partial charge on any atom is 0.243 e. The van der Waals surface area contributed by atoms with Gasteiger partial charge in [0.2, 0.25) is 5.91 Å². The second-order valence-electron chi connectivity index (χ2n) is 10.1. The third-order valence-corrected chi connectivity index (χ3v) is 7.08. The van der Waals surface area contributed by atoms with Gasteiger partial charge in [-0.15, -0.1) is 0 Å². The first-order valence-corrected chi connectivity index (χ1v) is 13.8. The number of aryl methyl sites for hydroxylation is 1. The van der Waals surface area contributed by atoms with E-state index in [1.807, 2.05) is 25.1 Å². The zero-order chi connectivity index (χ0) is 27.9. The molecule has 3 heterocycles. The standard InChI is InChI=1S/C29H35FN6O4/c1-19-15-20-22(33-19)8-9-23(28(20)30)34-29-21-16-25(39-13-5-2-7-27(37)35-38)26(17-24(21)31-18-32-29)40-14-6-12-36-10-3-4-11-36/h8-9,15-18,33,38H,2-7,10-14H2,1H3,(H,35,37)(H,31,32,34). The Bertz CT molecular complexity index is 1470. The molecule has 40 heavy (non-hydrogen) atoms. The van der Waals surface area contributed by atoms with Crippen LogP contribution in [0.2, 0.25) is 0 Å². The van der Waals surface area contributed by atoms with Crippen LogP contribution in [-0.4, -0.2) is 63.8 Å². The normalized spacial score (nSPS) is 13.7. The summed E-state index contributed by atoms with van der Waals surface area (Å²) in [6.07, 6.45) is 6.20. The van der Waals surface area contributed by atoms with Crippen molar-refractivity contribution in [3.8, 4) is 11.5 Å². The number of H-pyrrole nitrogens is 1.